The first kappa shape index (κ1) is 15.9. The molecule has 0 aliphatic heterocycles. The fourth-order valence-electron chi connectivity index (χ4n) is 2.39. The van der Waals surface area contributed by atoms with E-state index in [9.17, 15) is 4.79 Å². The second kappa shape index (κ2) is 9.71. The van der Waals surface area contributed by atoms with Crippen molar-refractivity contribution in [1.29, 1.82) is 0 Å². The predicted molar refractivity (Wildman–Crippen MR) is 81.2 cm³/mol. The number of rotatable bonds is 7. The monoisotopic (exact) mass is 271 g/mol. The van der Waals surface area contributed by atoms with Crippen molar-refractivity contribution >= 4 is 17.0 Å². The molecule has 0 heterocycles. The predicted octanol–water partition coefficient (Wildman–Crippen LogP) is 5.07. The molecule has 0 aromatic heterocycles. The average Bonchev–Trinajstić information content (AvgIpc) is 2.40. The Hall–Kier alpha value is -0.180. The zero-order valence-electron chi connectivity index (χ0n) is 12.1. The molecule has 0 aromatic carbocycles. The van der Waals surface area contributed by atoms with Crippen molar-refractivity contribution in [2.75, 3.05) is 13.1 Å². The van der Waals surface area contributed by atoms with E-state index in [0.717, 1.165) is 25.9 Å². The minimum absolute atomic E-state index is 0.337. The second-order valence-electron chi connectivity index (χ2n) is 5.34. The van der Waals surface area contributed by atoms with Crippen LogP contribution in [0.15, 0.2) is 0 Å². The minimum Gasteiger partial charge on any atom is -0.334 e. The standard InChI is InChI=1S/C15H29NOS/c1-3-5-12-16(13-6-4-2)15(17)18-14-10-8-7-9-11-14/h14H,3-13H2,1-2H3. The number of amides is 1. The summed E-state index contributed by atoms with van der Waals surface area (Å²) in [4.78, 5) is 14.4. The molecule has 18 heavy (non-hydrogen) atoms. The van der Waals surface area contributed by atoms with Crippen LogP contribution in [0.1, 0.15) is 71.6 Å². The Bertz CT molecular complexity index is 219. The molecule has 2 nitrogen and oxygen atoms in total. The highest BCUT2D eigenvalue weighted by atomic mass is 32.2. The Morgan fingerprint density at radius 1 is 1.06 bits per heavy atom. The average molecular weight is 271 g/mol. The lowest BCUT2D eigenvalue weighted by Gasteiger charge is -2.26. The highest BCUT2D eigenvalue weighted by Gasteiger charge is 2.21. The molecule has 0 unspecified atom stereocenters. The van der Waals surface area contributed by atoms with Crippen LogP contribution < -0.4 is 0 Å². The van der Waals surface area contributed by atoms with E-state index in [1.165, 1.54) is 44.9 Å². The van der Waals surface area contributed by atoms with Gasteiger partial charge in [-0.05, 0) is 25.7 Å². The highest BCUT2D eigenvalue weighted by Crippen LogP contribution is 2.30. The summed E-state index contributed by atoms with van der Waals surface area (Å²) >= 11 is 1.62. The lowest BCUT2D eigenvalue weighted by Crippen LogP contribution is -2.31. The van der Waals surface area contributed by atoms with Crippen molar-refractivity contribution in [3.63, 3.8) is 0 Å². The molecule has 0 N–H and O–H groups in total. The van der Waals surface area contributed by atoms with Gasteiger partial charge >= 0.3 is 0 Å². The van der Waals surface area contributed by atoms with Crippen LogP contribution >= 0.6 is 11.8 Å². The Morgan fingerprint density at radius 3 is 2.11 bits per heavy atom. The summed E-state index contributed by atoms with van der Waals surface area (Å²) in [7, 11) is 0. The zero-order chi connectivity index (χ0) is 13.2. The third-order valence-corrected chi connectivity index (χ3v) is 4.91. The van der Waals surface area contributed by atoms with Gasteiger partial charge < -0.3 is 4.90 Å². The van der Waals surface area contributed by atoms with Gasteiger partial charge in [-0.15, -0.1) is 0 Å². The molecule has 0 atom stereocenters. The van der Waals surface area contributed by atoms with Crippen molar-refractivity contribution in [1.82, 2.24) is 4.90 Å². The zero-order valence-corrected chi connectivity index (χ0v) is 12.9. The van der Waals surface area contributed by atoms with Gasteiger partial charge in [0.05, 0.1) is 0 Å². The van der Waals surface area contributed by atoms with Gasteiger partial charge in [-0.2, -0.15) is 0 Å². The van der Waals surface area contributed by atoms with E-state index in [1.807, 2.05) is 0 Å². The lowest BCUT2D eigenvalue weighted by molar-refractivity contribution is 0.221. The largest absolute Gasteiger partial charge is 0.334 e. The van der Waals surface area contributed by atoms with Gasteiger partial charge in [-0.1, -0.05) is 57.7 Å². The van der Waals surface area contributed by atoms with E-state index in [0.29, 0.717) is 10.5 Å². The summed E-state index contributed by atoms with van der Waals surface area (Å²) in [5.41, 5.74) is 0. The van der Waals surface area contributed by atoms with Crippen molar-refractivity contribution in [3.8, 4) is 0 Å². The maximum atomic E-state index is 12.3. The molecule has 1 amide bonds. The van der Waals surface area contributed by atoms with Crippen molar-refractivity contribution in [2.45, 2.75) is 76.9 Å². The third kappa shape index (κ3) is 6.12. The molecular weight excluding hydrogens is 242 g/mol. The van der Waals surface area contributed by atoms with Crippen molar-refractivity contribution in [2.24, 2.45) is 0 Å². The first-order valence-corrected chi connectivity index (χ1v) is 8.61. The summed E-state index contributed by atoms with van der Waals surface area (Å²) in [6.07, 6.45) is 11.1. The molecular formula is C15H29NOS. The second-order valence-corrected chi connectivity index (χ2v) is 6.59. The molecule has 0 spiro atoms. The van der Waals surface area contributed by atoms with Crippen LogP contribution in [0.5, 0.6) is 0 Å². The van der Waals surface area contributed by atoms with E-state index in [-0.39, 0.29) is 0 Å². The molecule has 1 aliphatic rings. The van der Waals surface area contributed by atoms with Crippen LogP contribution in [-0.4, -0.2) is 28.5 Å². The van der Waals surface area contributed by atoms with E-state index >= 15 is 0 Å². The van der Waals surface area contributed by atoms with Gasteiger partial charge in [0.25, 0.3) is 5.24 Å². The van der Waals surface area contributed by atoms with E-state index in [1.54, 1.807) is 11.8 Å². The van der Waals surface area contributed by atoms with Gasteiger partial charge in [-0.3, -0.25) is 4.79 Å². The van der Waals surface area contributed by atoms with Gasteiger partial charge in [0.1, 0.15) is 0 Å². The van der Waals surface area contributed by atoms with E-state index in [4.69, 9.17) is 0 Å². The van der Waals surface area contributed by atoms with Crippen LogP contribution in [0, 0.1) is 0 Å². The van der Waals surface area contributed by atoms with Crippen LogP contribution in [0.4, 0.5) is 4.79 Å². The SMILES string of the molecule is CCCCN(CCCC)C(=O)SC1CCCCC1. The third-order valence-electron chi connectivity index (χ3n) is 3.64. The maximum absolute atomic E-state index is 12.3. The van der Waals surface area contributed by atoms with Gasteiger partial charge in [0.2, 0.25) is 0 Å². The first-order valence-electron chi connectivity index (χ1n) is 7.73. The molecule has 0 radical (unpaired) electrons. The van der Waals surface area contributed by atoms with Crippen LogP contribution in [0.2, 0.25) is 0 Å². The molecule has 1 aliphatic carbocycles. The summed E-state index contributed by atoms with van der Waals surface area (Å²) in [5.74, 6) is 0. The fraction of sp³-hybridized carbons (Fsp3) is 0.933. The summed E-state index contributed by atoms with van der Waals surface area (Å²) in [5, 5.41) is 0.931. The van der Waals surface area contributed by atoms with Crippen LogP contribution in [0.3, 0.4) is 0 Å². The van der Waals surface area contributed by atoms with Gasteiger partial charge in [-0.25, -0.2) is 0 Å². The lowest BCUT2D eigenvalue weighted by atomic mass is 10.0. The summed E-state index contributed by atoms with van der Waals surface area (Å²) in [6.45, 7) is 6.29. The number of carbonyl (C=O) groups excluding carboxylic acids is 1. The van der Waals surface area contributed by atoms with Gasteiger partial charge in [0.15, 0.2) is 0 Å². The molecule has 1 saturated carbocycles. The molecule has 3 heteroatoms. The summed E-state index contributed by atoms with van der Waals surface area (Å²) in [6, 6.07) is 0. The molecule has 0 saturated heterocycles. The Labute approximate surface area is 117 Å². The number of thioether (sulfide) groups is 1. The Morgan fingerprint density at radius 2 is 1.61 bits per heavy atom. The topological polar surface area (TPSA) is 20.3 Å². The number of hydrogen-bond acceptors (Lipinski definition) is 2. The number of nitrogens with zero attached hydrogens (tertiary/aromatic N) is 1. The summed E-state index contributed by atoms with van der Waals surface area (Å²) < 4.78 is 0. The molecule has 0 bridgehead atoms. The maximum Gasteiger partial charge on any atom is 0.281 e. The normalized spacial score (nSPS) is 16.8. The number of unbranched alkanes of at least 4 members (excludes halogenated alkanes) is 2. The molecule has 106 valence electrons. The number of hydrogen-bond donors (Lipinski definition) is 0. The van der Waals surface area contributed by atoms with Crippen LogP contribution in [0.25, 0.3) is 0 Å². The van der Waals surface area contributed by atoms with Crippen molar-refractivity contribution < 1.29 is 4.79 Å². The fourth-order valence-corrected chi connectivity index (χ4v) is 3.58. The number of carbonyl (C=O) groups is 1. The molecule has 1 fully saturated rings. The van der Waals surface area contributed by atoms with Crippen LogP contribution in [-0.2, 0) is 0 Å². The molecule has 0 aromatic rings. The smallest absolute Gasteiger partial charge is 0.281 e. The Kier molecular flexibility index (Phi) is 8.57. The Balaban J connectivity index is 2.35. The highest BCUT2D eigenvalue weighted by molar-refractivity contribution is 8.14. The van der Waals surface area contributed by atoms with Gasteiger partial charge in [0, 0.05) is 18.3 Å². The first-order chi connectivity index (χ1) is 8.77. The quantitative estimate of drug-likeness (QED) is 0.644. The molecule has 1 rings (SSSR count). The minimum atomic E-state index is 0.337. The van der Waals surface area contributed by atoms with Crippen molar-refractivity contribution in [3.05, 3.63) is 0 Å². The van der Waals surface area contributed by atoms with E-state index < -0.39 is 0 Å². The van der Waals surface area contributed by atoms with E-state index in [2.05, 4.69) is 18.7 Å².